The molecule has 0 radical (unpaired) electrons. The fourth-order valence-corrected chi connectivity index (χ4v) is 6.79. The van der Waals surface area contributed by atoms with Crippen molar-refractivity contribution in [2.75, 3.05) is 7.05 Å². The molecule has 0 aliphatic carbocycles. The minimum Gasteiger partial charge on any atom is -0.489 e. The minimum atomic E-state index is -4.04. The SMILES string of the molecule is CN1C(=O)C(c2ccccc2Br)=C(c2cn(S(=O)(=O)c3ccccc3)c3ccc(OCc4ccccc4)cc23)C1=O. The molecule has 0 fully saturated rings. The first-order chi connectivity index (χ1) is 19.8. The Labute approximate surface area is 245 Å². The predicted octanol–water partition coefficient (Wildman–Crippen LogP) is 6.13. The van der Waals surface area contributed by atoms with E-state index in [1.807, 2.05) is 36.4 Å². The number of amides is 2. The van der Waals surface area contributed by atoms with Gasteiger partial charge < -0.3 is 4.74 Å². The van der Waals surface area contributed by atoms with Crippen LogP contribution in [-0.2, 0) is 26.2 Å². The average molecular weight is 628 g/mol. The van der Waals surface area contributed by atoms with Crippen molar-refractivity contribution in [3.63, 3.8) is 0 Å². The second kappa shape index (κ2) is 10.5. The Morgan fingerprint density at radius 3 is 2.05 bits per heavy atom. The molecule has 2 amide bonds. The van der Waals surface area contributed by atoms with E-state index < -0.39 is 21.8 Å². The summed E-state index contributed by atoms with van der Waals surface area (Å²) < 4.78 is 35.5. The van der Waals surface area contributed by atoms with Crippen LogP contribution in [0.5, 0.6) is 5.75 Å². The fraction of sp³-hybridized carbons (Fsp3) is 0.0625. The molecule has 1 aromatic heterocycles. The molecule has 6 rings (SSSR count). The highest BCUT2D eigenvalue weighted by Crippen LogP contribution is 2.42. The third kappa shape index (κ3) is 4.67. The van der Waals surface area contributed by atoms with Crippen molar-refractivity contribution >= 4 is 59.8 Å². The number of halogens is 1. The molecule has 7 nitrogen and oxygen atoms in total. The van der Waals surface area contributed by atoms with E-state index in [0.717, 1.165) is 14.4 Å². The summed E-state index contributed by atoms with van der Waals surface area (Å²) in [4.78, 5) is 28.2. The maximum absolute atomic E-state index is 13.8. The lowest BCUT2D eigenvalue weighted by Crippen LogP contribution is -2.26. The first-order valence-corrected chi connectivity index (χ1v) is 14.9. The van der Waals surface area contributed by atoms with Gasteiger partial charge in [0.15, 0.2) is 0 Å². The molecule has 1 aliphatic rings. The number of carbonyl (C=O) groups is 2. The number of ether oxygens (including phenoxy) is 1. The number of benzene rings is 4. The molecule has 4 aromatic carbocycles. The zero-order chi connectivity index (χ0) is 28.7. The van der Waals surface area contributed by atoms with Gasteiger partial charge in [-0.2, -0.15) is 0 Å². The van der Waals surface area contributed by atoms with Crippen molar-refractivity contribution in [1.82, 2.24) is 8.87 Å². The highest BCUT2D eigenvalue weighted by Gasteiger charge is 2.39. The van der Waals surface area contributed by atoms with Gasteiger partial charge in [0.05, 0.1) is 21.6 Å². The molecule has 0 saturated carbocycles. The van der Waals surface area contributed by atoms with Gasteiger partial charge >= 0.3 is 0 Å². The van der Waals surface area contributed by atoms with Crippen molar-refractivity contribution in [3.8, 4) is 5.75 Å². The van der Waals surface area contributed by atoms with Crippen LogP contribution < -0.4 is 4.74 Å². The van der Waals surface area contributed by atoms with Crippen LogP contribution in [-0.4, -0.2) is 36.2 Å². The molecule has 0 spiro atoms. The van der Waals surface area contributed by atoms with Crippen molar-refractivity contribution in [1.29, 1.82) is 0 Å². The molecule has 1 aliphatic heterocycles. The van der Waals surface area contributed by atoms with Crippen LogP contribution >= 0.6 is 15.9 Å². The second-order valence-corrected chi connectivity index (χ2v) is 12.2. The lowest BCUT2D eigenvalue weighted by Gasteiger charge is -2.09. The van der Waals surface area contributed by atoms with Crippen LogP contribution in [0.1, 0.15) is 16.7 Å². The van der Waals surface area contributed by atoms with Gasteiger partial charge in [-0.1, -0.05) is 82.7 Å². The lowest BCUT2D eigenvalue weighted by molar-refractivity contribution is -0.134. The molecule has 0 unspecified atom stereocenters. The average Bonchev–Trinajstić information content (AvgIpc) is 3.48. The summed E-state index contributed by atoms with van der Waals surface area (Å²) in [5, 5.41) is 0.464. The molecular weight excluding hydrogens is 604 g/mol. The third-order valence-electron chi connectivity index (χ3n) is 6.99. The number of carbonyl (C=O) groups excluding carboxylic acids is 2. The number of nitrogens with zero attached hydrogens (tertiary/aromatic N) is 2. The Morgan fingerprint density at radius 1 is 0.756 bits per heavy atom. The zero-order valence-corrected chi connectivity index (χ0v) is 24.2. The van der Waals surface area contributed by atoms with Crippen molar-refractivity contribution in [2.45, 2.75) is 11.5 Å². The van der Waals surface area contributed by atoms with Gasteiger partial charge in [0.1, 0.15) is 12.4 Å². The summed E-state index contributed by atoms with van der Waals surface area (Å²) in [7, 11) is -2.62. The molecule has 0 N–H and O–H groups in total. The molecule has 5 aromatic rings. The summed E-state index contributed by atoms with van der Waals surface area (Å²) in [5.41, 5.74) is 2.49. The van der Waals surface area contributed by atoms with E-state index in [-0.39, 0.29) is 16.0 Å². The molecule has 2 heterocycles. The quantitative estimate of drug-likeness (QED) is 0.203. The molecule has 41 heavy (non-hydrogen) atoms. The molecular formula is C32H23BrN2O5S. The Balaban J connectivity index is 1.60. The van der Waals surface area contributed by atoms with E-state index in [4.69, 9.17) is 4.74 Å². The predicted molar refractivity (Wildman–Crippen MR) is 160 cm³/mol. The number of aromatic nitrogens is 1. The minimum absolute atomic E-state index is 0.0961. The monoisotopic (exact) mass is 626 g/mol. The number of imide groups is 1. The summed E-state index contributed by atoms with van der Waals surface area (Å²) in [6, 6.07) is 29.9. The fourth-order valence-electron chi connectivity index (χ4n) is 4.92. The smallest absolute Gasteiger partial charge is 0.268 e. The molecule has 0 saturated heterocycles. The topological polar surface area (TPSA) is 85.7 Å². The van der Waals surface area contributed by atoms with E-state index in [9.17, 15) is 18.0 Å². The van der Waals surface area contributed by atoms with E-state index in [1.54, 1.807) is 54.6 Å². The maximum Gasteiger partial charge on any atom is 0.268 e. The van der Waals surface area contributed by atoms with Crippen LogP contribution in [0.25, 0.3) is 22.0 Å². The van der Waals surface area contributed by atoms with E-state index in [2.05, 4.69) is 15.9 Å². The lowest BCUT2D eigenvalue weighted by atomic mass is 9.96. The van der Waals surface area contributed by atoms with Crippen LogP contribution in [0, 0.1) is 0 Å². The highest BCUT2D eigenvalue weighted by atomic mass is 79.9. The maximum atomic E-state index is 13.8. The van der Waals surface area contributed by atoms with Crippen molar-refractivity contribution in [3.05, 3.63) is 130 Å². The normalized spacial score (nSPS) is 13.9. The largest absolute Gasteiger partial charge is 0.489 e. The number of hydrogen-bond donors (Lipinski definition) is 0. The number of likely N-dealkylation sites (N-methyl/N-ethyl adjacent to an activating group) is 1. The van der Waals surface area contributed by atoms with Gasteiger partial charge in [0.2, 0.25) is 0 Å². The second-order valence-electron chi connectivity index (χ2n) is 9.51. The van der Waals surface area contributed by atoms with Crippen molar-refractivity contribution in [2.24, 2.45) is 0 Å². The summed E-state index contributed by atoms with van der Waals surface area (Å²) in [6.45, 7) is 0.301. The molecule has 0 atom stereocenters. The number of hydrogen-bond acceptors (Lipinski definition) is 5. The van der Waals surface area contributed by atoms with E-state index >= 15 is 0 Å². The summed E-state index contributed by atoms with van der Waals surface area (Å²) in [5.74, 6) is -0.502. The van der Waals surface area contributed by atoms with Gasteiger partial charge in [0, 0.05) is 34.2 Å². The van der Waals surface area contributed by atoms with Gasteiger partial charge in [0.25, 0.3) is 21.8 Å². The van der Waals surface area contributed by atoms with Gasteiger partial charge in [-0.05, 0) is 42.0 Å². The van der Waals surface area contributed by atoms with Gasteiger partial charge in [-0.15, -0.1) is 0 Å². The molecule has 204 valence electrons. The van der Waals surface area contributed by atoms with Crippen LogP contribution in [0.3, 0.4) is 0 Å². The zero-order valence-electron chi connectivity index (χ0n) is 21.8. The van der Waals surface area contributed by atoms with E-state index in [0.29, 0.717) is 38.9 Å². The summed E-state index contributed by atoms with van der Waals surface area (Å²) >= 11 is 3.51. The number of rotatable bonds is 7. The molecule has 9 heteroatoms. The third-order valence-corrected chi connectivity index (χ3v) is 9.37. The Morgan fingerprint density at radius 2 is 1.37 bits per heavy atom. The van der Waals surface area contributed by atoms with Crippen LogP contribution in [0.15, 0.2) is 119 Å². The Bertz CT molecular complexity index is 1970. The Hall–Kier alpha value is -4.47. The Kier molecular flexibility index (Phi) is 6.84. The first-order valence-electron chi connectivity index (χ1n) is 12.7. The van der Waals surface area contributed by atoms with Gasteiger partial charge in [-0.3, -0.25) is 14.5 Å². The van der Waals surface area contributed by atoms with E-state index in [1.165, 1.54) is 25.4 Å². The molecule has 0 bridgehead atoms. The number of fused-ring (bicyclic) bond motifs is 1. The van der Waals surface area contributed by atoms with Crippen LogP contribution in [0.4, 0.5) is 0 Å². The summed E-state index contributed by atoms with van der Waals surface area (Å²) in [6.07, 6.45) is 1.42. The highest BCUT2D eigenvalue weighted by molar-refractivity contribution is 9.10. The van der Waals surface area contributed by atoms with Crippen molar-refractivity contribution < 1.29 is 22.7 Å². The van der Waals surface area contributed by atoms with Gasteiger partial charge in [-0.25, -0.2) is 12.4 Å². The van der Waals surface area contributed by atoms with Crippen LogP contribution in [0.2, 0.25) is 0 Å². The first kappa shape index (κ1) is 26.7. The standard InChI is InChI=1S/C32H23BrN2O5S/c1-34-31(36)29(24-14-8-9-15-27(24)33)30(32(34)37)26-19-35(41(38,39)23-12-6-3-7-13-23)28-17-16-22(18-25(26)28)40-20-21-10-4-2-5-11-21/h2-19H,20H2,1H3.